The lowest BCUT2D eigenvalue weighted by molar-refractivity contribution is -0.143. The van der Waals surface area contributed by atoms with Gasteiger partial charge in [-0.25, -0.2) is 0 Å². The van der Waals surface area contributed by atoms with Gasteiger partial charge in [0.2, 0.25) is 5.91 Å². The molecule has 3 N–H and O–H groups in total. The van der Waals surface area contributed by atoms with E-state index in [2.05, 4.69) is 55.6 Å². The lowest BCUT2D eigenvalue weighted by Gasteiger charge is -2.22. The summed E-state index contributed by atoms with van der Waals surface area (Å²) in [5.41, 5.74) is 0. The Kier molecular flexibility index (Phi) is 61.0. The molecule has 0 aliphatic rings. The maximum absolute atomic E-state index is 12.5. The minimum absolute atomic E-state index is 0.000159. The summed E-state index contributed by atoms with van der Waals surface area (Å²) in [4.78, 5) is 24.5. The van der Waals surface area contributed by atoms with Gasteiger partial charge < -0.3 is 20.3 Å². The Hall–Kier alpha value is -1.92. The fourth-order valence-corrected chi connectivity index (χ4v) is 10.1. The van der Waals surface area contributed by atoms with Crippen molar-refractivity contribution < 1.29 is 24.5 Å². The Labute approximate surface area is 455 Å². The zero-order valence-electron chi connectivity index (χ0n) is 49.1. The van der Waals surface area contributed by atoms with Crippen molar-refractivity contribution in [1.29, 1.82) is 0 Å². The highest BCUT2D eigenvalue weighted by atomic mass is 16.5. The molecule has 2 unspecified atom stereocenters. The molecule has 2 atom stereocenters. The molecule has 0 saturated carbocycles. The second-order valence-corrected chi connectivity index (χ2v) is 22.4. The van der Waals surface area contributed by atoms with Gasteiger partial charge in [0.05, 0.1) is 25.4 Å². The number of rotatable bonds is 61. The summed E-state index contributed by atoms with van der Waals surface area (Å²) in [5, 5.41) is 23.3. The molecular weight excluding hydrogens is 899 g/mol. The van der Waals surface area contributed by atoms with Gasteiger partial charge in [-0.15, -0.1) is 0 Å². The van der Waals surface area contributed by atoms with Gasteiger partial charge in [-0.2, -0.15) is 0 Å². The smallest absolute Gasteiger partial charge is 0.305 e. The number of carbonyl (C=O) groups excluding carboxylic acids is 2. The van der Waals surface area contributed by atoms with Gasteiger partial charge in [-0.3, -0.25) is 9.59 Å². The molecule has 0 heterocycles. The van der Waals surface area contributed by atoms with Crippen LogP contribution in [0.15, 0.2) is 36.5 Å². The molecule has 1 amide bonds. The summed E-state index contributed by atoms with van der Waals surface area (Å²) in [6, 6.07) is -0.542. The number of amides is 1. The van der Waals surface area contributed by atoms with E-state index >= 15 is 0 Å². The Morgan fingerprint density at radius 1 is 0.384 bits per heavy atom. The molecule has 0 bridgehead atoms. The number of aliphatic hydroxyl groups is 2. The predicted octanol–water partition coefficient (Wildman–Crippen LogP) is 20.8. The van der Waals surface area contributed by atoms with Crippen molar-refractivity contribution in [3.63, 3.8) is 0 Å². The maximum atomic E-state index is 12.5. The maximum Gasteiger partial charge on any atom is 0.305 e. The number of carbonyl (C=O) groups is 2. The first kappa shape index (κ1) is 71.1. The first-order chi connectivity index (χ1) is 36.0. The molecule has 0 aromatic rings. The minimum atomic E-state index is -0.665. The van der Waals surface area contributed by atoms with Crippen molar-refractivity contribution in [1.82, 2.24) is 5.32 Å². The predicted molar refractivity (Wildman–Crippen MR) is 319 cm³/mol. The van der Waals surface area contributed by atoms with E-state index in [1.165, 1.54) is 270 Å². The fraction of sp³-hybridized carbons (Fsp3) is 0.881. The molecule has 0 radical (unpaired) electrons. The number of allylic oxidation sites excluding steroid dienone is 6. The van der Waals surface area contributed by atoms with Gasteiger partial charge in [0.15, 0.2) is 0 Å². The summed E-state index contributed by atoms with van der Waals surface area (Å²) in [6.45, 7) is 4.90. The molecule has 0 rings (SSSR count). The lowest BCUT2D eigenvalue weighted by Crippen LogP contribution is -2.45. The van der Waals surface area contributed by atoms with Crippen LogP contribution in [0.2, 0.25) is 0 Å². The van der Waals surface area contributed by atoms with Gasteiger partial charge in [-0.1, -0.05) is 301 Å². The third-order valence-electron chi connectivity index (χ3n) is 15.1. The fourth-order valence-electron chi connectivity index (χ4n) is 10.1. The molecule has 0 aliphatic heterocycles. The highest BCUT2D eigenvalue weighted by Crippen LogP contribution is 2.18. The van der Waals surface area contributed by atoms with Crippen LogP contribution in [0.1, 0.15) is 354 Å². The molecule has 0 aromatic carbocycles. The van der Waals surface area contributed by atoms with Crippen molar-refractivity contribution in [3.05, 3.63) is 36.5 Å². The Balaban J connectivity index is 3.39. The van der Waals surface area contributed by atoms with Gasteiger partial charge in [0.1, 0.15) is 0 Å². The third kappa shape index (κ3) is 59.2. The van der Waals surface area contributed by atoms with E-state index in [1.807, 2.05) is 0 Å². The Bertz CT molecular complexity index is 1180. The number of ether oxygens (including phenoxy) is 1. The molecular formula is C67H127NO5. The largest absolute Gasteiger partial charge is 0.466 e. The second-order valence-electron chi connectivity index (χ2n) is 22.4. The Morgan fingerprint density at radius 2 is 0.712 bits per heavy atom. The number of aliphatic hydroxyl groups excluding tert-OH is 2. The van der Waals surface area contributed by atoms with Crippen LogP contribution in [0.25, 0.3) is 0 Å². The molecule has 73 heavy (non-hydrogen) atoms. The molecule has 0 saturated heterocycles. The number of nitrogens with one attached hydrogen (secondary N) is 1. The number of hydrogen-bond donors (Lipinski definition) is 3. The average molecular weight is 1030 g/mol. The monoisotopic (exact) mass is 1030 g/mol. The normalized spacial score (nSPS) is 12.8. The van der Waals surface area contributed by atoms with Crippen LogP contribution in [-0.4, -0.2) is 47.4 Å². The highest BCUT2D eigenvalue weighted by Gasteiger charge is 2.20. The molecule has 0 aliphatic carbocycles. The van der Waals surface area contributed by atoms with Crippen LogP contribution in [0.5, 0.6) is 0 Å². The van der Waals surface area contributed by atoms with E-state index in [1.54, 1.807) is 0 Å². The second kappa shape index (κ2) is 62.6. The van der Waals surface area contributed by atoms with Crippen LogP contribution in [-0.2, 0) is 14.3 Å². The van der Waals surface area contributed by atoms with E-state index in [4.69, 9.17) is 4.74 Å². The van der Waals surface area contributed by atoms with Crippen LogP contribution in [0, 0.1) is 0 Å². The van der Waals surface area contributed by atoms with E-state index in [9.17, 15) is 19.8 Å². The minimum Gasteiger partial charge on any atom is -0.466 e. The SMILES string of the molecule is CCC/C=C\C/C=C\CCCCCCCC(=O)OCCCCCCCCCCCCCC/C=C\CCCCCCCCCCCCCC(=O)NC(CO)C(O)CCCCCCCCCCCCCCCCCC. The Morgan fingerprint density at radius 3 is 1.11 bits per heavy atom. The van der Waals surface area contributed by atoms with Crippen LogP contribution >= 0.6 is 0 Å². The van der Waals surface area contributed by atoms with Gasteiger partial charge in [0, 0.05) is 12.8 Å². The van der Waals surface area contributed by atoms with Crippen molar-refractivity contribution in [2.45, 2.75) is 366 Å². The molecule has 0 spiro atoms. The summed E-state index contributed by atoms with van der Waals surface area (Å²) in [6.07, 6.45) is 78.8. The quantitative estimate of drug-likeness (QED) is 0.0320. The third-order valence-corrected chi connectivity index (χ3v) is 15.1. The first-order valence-corrected chi connectivity index (χ1v) is 32.7. The van der Waals surface area contributed by atoms with E-state index in [0.717, 1.165) is 51.4 Å². The van der Waals surface area contributed by atoms with Crippen LogP contribution < -0.4 is 5.32 Å². The van der Waals surface area contributed by atoms with Crippen molar-refractivity contribution >= 4 is 11.9 Å². The van der Waals surface area contributed by atoms with E-state index in [-0.39, 0.29) is 18.5 Å². The van der Waals surface area contributed by atoms with E-state index < -0.39 is 12.1 Å². The zero-order chi connectivity index (χ0) is 52.9. The summed E-state index contributed by atoms with van der Waals surface area (Å²) >= 11 is 0. The molecule has 430 valence electrons. The summed E-state index contributed by atoms with van der Waals surface area (Å²) in [7, 11) is 0. The molecule has 0 fully saturated rings. The molecule has 6 heteroatoms. The summed E-state index contributed by atoms with van der Waals surface area (Å²) < 4.78 is 5.47. The standard InChI is InChI=1S/C67H127NO5/c1-3-5-7-9-11-13-15-17-18-32-36-39-43-47-51-55-59-65(70)64(63-69)68-66(71)60-56-52-48-44-40-37-33-30-28-26-24-22-20-19-21-23-25-27-29-31-34-38-42-46-50-54-58-62-73-67(72)61-57-53-49-45-41-35-16-14-12-10-8-6-4-2/h8,10,14,16,19-20,64-65,69-70H,3-7,9,11-13,15,17-18,21-63H2,1-2H3,(H,68,71)/b10-8-,16-14-,20-19-. The van der Waals surface area contributed by atoms with Gasteiger partial charge in [0.25, 0.3) is 0 Å². The zero-order valence-corrected chi connectivity index (χ0v) is 49.1. The molecule has 0 aromatic heterocycles. The van der Waals surface area contributed by atoms with Crippen molar-refractivity contribution in [2.75, 3.05) is 13.2 Å². The highest BCUT2D eigenvalue weighted by molar-refractivity contribution is 5.76. The first-order valence-electron chi connectivity index (χ1n) is 32.7. The summed E-state index contributed by atoms with van der Waals surface area (Å²) in [5.74, 6) is -0.0338. The van der Waals surface area contributed by atoms with Crippen LogP contribution in [0.3, 0.4) is 0 Å². The lowest BCUT2D eigenvalue weighted by atomic mass is 10.0. The van der Waals surface area contributed by atoms with Gasteiger partial charge in [-0.05, 0) is 77.0 Å². The number of esters is 1. The number of unbranched alkanes of at least 4 members (excludes halogenated alkanes) is 44. The average Bonchev–Trinajstić information content (AvgIpc) is 3.39. The van der Waals surface area contributed by atoms with Gasteiger partial charge >= 0.3 is 5.97 Å². The topological polar surface area (TPSA) is 95.9 Å². The van der Waals surface area contributed by atoms with Crippen LogP contribution in [0.4, 0.5) is 0 Å². The van der Waals surface area contributed by atoms with E-state index in [0.29, 0.717) is 25.9 Å². The van der Waals surface area contributed by atoms with Crippen molar-refractivity contribution in [2.24, 2.45) is 0 Å². The number of hydrogen-bond acceptors (Lipinski definition) is 5. The molecule has 6 nitrogen and oxygen atoms in total. The van der Waals surface area contributed by atoms with Crippen molar-refractivity contribution in [3.8, 4) is 0 Å².